The Kier molecular flexibility index (Phi) is 4.73. The fourth-order valence-electron chi connectivity index (χ4n) is 2.72. The summed E-state index contributed by atoms with van der Waals surface area (Å²) in [6.07, 6.45) is 0. The quantitative estimate of drug-likeness (QED) is 0.921. The van der Waals surface area contributed by atoms with Crippen molar-refractivity contribution in [3.8, 4) is 0 Å². The average molecular weight is 349 g/mol. The number of para-hydroxylation sites is 2. The van der Waals surface area contributed by atoms with Gasteiger partial charge < -0.3 is 9.80 Å². The van der Waals surface area contributed by atoms with Crippen LogP contribution in [0.25, 0.3) is 0 Å². The van der Waals surface area contributed by atoms with Gasteiger partial charge in [-0.15, -0.1) is 0 Å². The van der Waals surface area contributed by atoms with E-state index in [0.717, 1.165) is 37.9 Å². The fraction of sp³-hybridized carbons (Fsp3) is 0.294. The van der Waals surface area contributed by atoms with Crippen LogP contribution >= 0.6 is 0 Å². The molecule has 3 rings (SSSR count). The van der Waals surface area contributed by atoms with Crippen LogP contribution in [-0.2, 0) is 10.0 Å². The maximum Gasteiger partial charge on any atom is 0.262 e. The largest absolute Gasteiger partial charge is 0.367 e. The zero-order valence-electron chi connectivity index (χ0n) is 13.4. The lowest BCUT2D eigenvalue weighted by molar-refractivity contribution is 0.313. The standard InChI is InChI=1S/C17H20FN3O2S/c1-20-9-11-21(12-10-20)17-8-3-2-7-16(17)19-24(22,23)15-6-4-5-14(18)13-15/h2-8,13,19H,9-12H2,1H3. The number of nitrogens with one attached hydrogen (secondary N) is 1. The molecule has 1 heterocycles. The first-order valence-corrected chi connectivity index (χ1v) is 9.25. The second kappa shape index (κ2) is 6.78. The van der Waals surface area contributed by atoms with Crippen LogP contribution in [0, 0.1) is 5.82 Å². The lowest BCUT2D eigenvalue weighted by atomic mass is 10.2. The Hall–Kier alpha value is -2.12. The highest BCUT2D eigenvalue weighted by Crippen LogP contribution is 2.28. The summed E-state index contributed by atoms with van der Waals surface area (Å²) in [6, 6.07) is 12.3. The van der Waals surface area contributed by atoms with Gasteiger partial charge in [-0.2, -0.15) is 0 Å². The monoisotopic (exact) mass is 349 g/mol. The molecule has 1 aliphatic rings. The molecule has 0 spiro atoms. The summed E-state index contributed by atoms with van der Waals surface area (Å²) < 4.78 is 41.0. The number of halogens is 1. The minimum atomic E-state index is -3.83. The number of anilines is 2. The van der Waals surface area contributed by atoms with E-state index in [1.54, 1.807) is 12.1 Å². The Labute approximate surface area is 141 Å². The molecule has 2 aromatic carbocycles. The summed E-state index contributed by atoms with van der Waals surface area (Å²) in [6.45, 7) is 3.50. The van der Waals surface area contributed by atoms with Gasteiger partial charge in [-0.05, 0) is 37.4 Å². The molecule has 1 aliphatic heterocycles. The van der Waals surface area contributed by atoms with Crippen LogP contribution < -0.4 is 9.62 Å². The van der Waals surface area contributed by atoms with Crippen molar-refractivity contribution in [1.82, 2.24) is 4.90 Å². The fourth-order valence-corrected chi connectivity index (χ4v) is 3.83. The molecule has 0 saturated carbocycles. The van der Waals surface area contributed by atoms with E-state index in [9.17, 15) is 12.8 Å². The van der Waals surface area contributed by atoms with E-state index in [1.807, 2.05) is 12.1 Å². The predicted molar refractivity (Wildman–Crippen MR) is 93.4 cm³/mol. The summed E-state index contributed by atoms with van der Waals surface area (Å²) in [5, 5.41) is 0. The molecular formula is C17H20FN3O2S. The summed E-state index contributed by atoms with van der Waals surface area (Å²) in [7, 11) is -1.77. The van der Waals surface area contributed by atoms with Crippen LogP contribution in [0.15, 0.2) is 53.4 Å². The third-order valence-electron chi connectivity index (χ3n) is 4.10. The Morgan fingerprint density at radius 1 is 1.00 bits per heavy atom. The number of hydrogen-bond donors (Lipinski definition) is 1. The number of likely N-dealkylation sites (N-methyl/N-ethyl adjacent to an activating group) is 1. The normalized spacial score (nSPS) is 16.2. The van der Waals surface area contributed by atoms with E-state index in [2.05, 4.69) is 21.6 Å². The van der Waals surface area contributed by atoms with E-state index in [-0.39, 0.29) is 4.90 Å². The highest BCUT2D eigenvalue weighted by atomic mass is 32.2. The van der Waals surface area contributed by atoms with Gasteiger partial charge in [0, 0.05) is 26.2 Å². The van der Waals surface area contributed by atoms with Gasteiger partial charge in [-0.1, -0.05) is 18.2 Å². The maximum atomic E-state index is 13.3. The summed E-state index contributed by atoms with van der Waals surface area (Å²) in [4.78, 5) is 4.30. The summed E-state index contributed by atoms with van der Waals surface area (Å²) in [5.74, 6) is -0.578. The number of piperazine rings is 1. The lowest BCUT2D eigenvalue weighted by Crippen LogP contribution is -2.44. The van der Waals surface area contributed by atoms with Crippen LogP contribution in [0.5, 0.6) is 0 Å². The van der Waals surface area contributed by atoms with Crippen LogP contribution in [0.1, 0.15) is 0 Å². The van der Waals surface area contributed by atoms with Gasteiger partial charge in [0.25, 0.3) is 10.0 Å². The molecule has 1 N–H and O–H groups in total. The number of hydrogen-bond acceptors (Lipinski definition) is 4. The topological polar surface area (TPSA) is 52.6 Å². The Morgan fingerprint density at radius 3 is 2.42 bits per heavy atom. The van der Waals surface area contributed by atoms with Gasteiger partial charge >= 0.3 is 0 Å². The number of benzene rings is 2. The number of nitrogens with zero attached hydrogens (tertiary/aromatic N) is 2. The molecular weight excluding hydrogens is 329 g/mol. The maximum absolute atomic E-state index is 13.3. The summed E-state index contributed by atoms with van der Waals surface area (Å²) >= 11 is 0. The van der Waals surface area contributed by atoms with Crippen molar-refractivity contribution in [3.05, 3.63) is 54.3 Å². The molecule has 1 fully saturated rings. The van der Waals surface area contributed by atoms with Crippen molar-refractivity contribution in [1.29, 1.82) is 0 Å². The number of rotatable bonds is 4. The molecule has 24 heavy (non-hydrogen) atoms. The van der Waals surface area contributed by atoms with E-state index in [1.165, 1.54) is 18.2 Å². The molecule has 0 atom stereocenters. The smallest absolute Gasteiger partial charge is 0.262 e. The van der Waals surface area contributed by atoms with Crippen LogP contribution in [0.2, 0.25) is 0 Å². The van der Waals surface area contributed by atoms with Crippen LogP contribution in [0.4, 0.5) is 15.8 Å². The lowest BCUT2D eigenvalue weighted by Gasteiger charge is -2.35. The zero-order valence-corrected chi connectivity index (χ0v) is 14.3. The second-order valence-corrected chi connectivity index (χ2v) is 7.55. The highest BCUT2D eigenvalue weighted by molar-refractivity contribution is 7.92. The molecule has 2 aromatic rings. The van der Waals surface area contributed by atoms with Gasteiger partial charge in [0.15, 0.2) is 0 Å². The van der Waals surface area contributed by atoms with Crippen molar-refractivity contribution in [2.75, 3.05) is 42.8 Å². The second-order valence-electron chi connectivity index (χ2n) is 5.87. The van der Waals surface area contributed by atoms with E-state index in [0.29, 0.717) is 5.69 Å². The molecule has 0 aromatic heterocycles. The molecule has 0 unspecified atom stereocenters. The first kappa shape index (κ1) is 16.7. The van der Waals surface area contributed by atoms with Crippen molar-refractivity contribution < 1.29 is 12.8 Å². The molecule has 0 radical (unpaired) electrons. The first-order valence-electron chi connectivity index (χ1n) is 7.77. The molecule has 5 nitrogen and oxygen atoms in total. The van der Waals surface area contributed by atoms with Crippen molar-refractivity contribution in [2.24, 2.45) is 0 Å². The van der Waals surface area contributed by atoms with Crippen molar-refractivity contribution >= 4 is 21.4 Å². The number of sulfonamides is 1. The third kappa shape index (κ3) is 3.68. The molecule has 128 valence electrons. The van der Waals surface area contributed by atoms with Gasteiger partial charge in [0.1, 0.15) is 5.82 Å². The minimum absolute atomic E-state index is 0.0873. The Bertz CT molecular complexity index is 818. The SMILES string of the molecule is CN1CCN(c2ccccc2NS(=O)(=O)c2cccc(F)c2)CC1. The molecule has 7 heteroatoms. The average Bonchev–Trinajstić information content (AvgIpc) is 2.56. The molecule has 0 aliphatic carbocycles. The van der Waals surface area contributed by atoms with E-state index < -0.39 is 15.8 Å². The van der Waals surface area contributed by atoms with Crippen LogP contribution in [-0.4, -0.2) is 46.5 Å². The van der Waals surface area contributed by atoms with Crippen molar-refractivity contribution in [2.45, 2.75) is 4.90 Å². The summed E-state index contributed by atoms with van der Waals surface area (Å²) in [5.41, 5.74) is 1.34. The molecule has 0 amide bonds. The Morgan fingerprint density at radius 2 is 1.71 bits per heavy atom. The van der Waals surface area contributed by atoms with Crippen molar-refractivity contribution in [3.63, 3.8) is 0 Å². The first-order chi connectivity index (χ1) is 11.5. The van der Waals surface area contributed by atoms with Gasteiger partial charge in [0.2, 0.25) is 0 Å². The van der Waals surface area contributed by atoms with E-state index in [4.69, 9.17) is 0 Å². The third-order valence-corrected chi connectivity index (χ3v) is 5.46. The minimum Gasteiger partial charge on any atom is -0.367 e. The van der Waals surface area contributed by atoms with Gasteiger partial charge in [-0.3, -0.25) is 4.72 Å². The molecule has 1 saturated heterocycles. The predicted octanol–water partition coefficient (Wildman–Crippen LogP) is 2.38. The van der Waals surface area contributed by atoms with E-state index >= 15 is 0 Å². The van der Waals surface area contributed by atoms with Gasteiger partial charge in [0.05, 0.1) is 16.3 Å². The Balaban J connectivity index is 1.88. The van der Waals surface area contributed by atoms with Gasteiger partial charge in [-0.25, -0.2) is 12.8 Å². The molecule has 0 bridgehead atoms. The zero-order chi connectivity index (χ0) is 17.2. The highest BCUT2D eigenvalue weighted by Gasteiger charge is 2.20. The van der Waals surface area contributed by atoms with Crippen LogP contribution in [0.3, 0.4) is 0 Å².